The summed E-state index contributed by atoms with van der Waals surface area (Å²) in [5.41, 5.74) is 2.00. The van der Waals surface area contributed by atoms with Crippen LogP contribution in [0.25, 0.3) is 6.08 Å². The van der Waals surface area contributed by atoms with Gasteiger partial charge in [0.15, 0.2) is 0 Å². The molecule has 112 valence electrons. The first kappa shape index (κ1) is 15.6. The zero-order chi connectivity index (χ0) is 15.6. The van der Waals surface area contributed by atoms with Crippen molar-refractivity contribution < 1.29 is 9.59 Å². The Kier molecular flexibility index (Phi) is 4.69. The molecule has 6 heteroatoms. The summed E-state index contributed by atoms with van der Waals surface area (Å²) in [6.45, 7) is 0.307. The van der Waals surface area contributed by atoms with Gasteiger partial charge in [-0.3, -0.25) is 19.4 Å². The Balaban J connectivity index is 2.18. The molecule has 0 unspecified atom stereocenters. The van der Waals surface area contributed by atoms with E-state index < -0.39 is 0 Å². The van der Waals surface area contributed by atoms with Gasteiger partial charge in [0.25, 0.3) is 11.1 Å². The van der Waals surface area contributed by atoms with Crippen molar-refractivity contribution in [1.82, 2.24) is 9.80 Å². The summed E-state index contributed by atoms with van der Waals surface area (Å²) in [6.07, 6.45) is 1.76. The summed E-state index contributed by atoms with van der Waals surface area (Å²) in [5.74, 6) is -0.226. The van der Waals surface area contributed by atoms with Gasteiger partial charge in [0.2, 0.25) is 0 Å². The smallest absolute Gasteiger partial charge is 0.294 e. The van der Waals surface area contributed by atoms with Crippen LogP contribution in [0.1, 0.15) is 5.56 Å². The average Bonchev–Trinajstić information content (AvgIpc) is 2.67. The number of thioether (sulfide) groups is 1. The molecule has 0 spiro atoms. The monoisotopic (exact) mass is 305 g/mol. The Labute approximate surface area is 129 Å². The van der Waals surface area contributed by atoms with Crippen LogP contribution in [0, 0.1) is 0 Å². The topological polar surface area (TPSA) is 43.9 Å². The van der Waals surface area contributed by atoms with Gasteiger partial charge in [-0.2, -0.15) is 0 Å². The molecule has 2 rings (SSSR count). The van der Waals surface area contributed by atoms with Crippen molar-refractivity contribution >= 4 is 34.7 Å². The minimum absolute atomic E-state index is 0.218. The Morgan fingerprint density at radius 2 is 1.71 bits per heavy atom. The van der Waals surface area contributed by atoms with Crippen molar-refractivity contribution in [2.24, 2.45) is 0 Å². The van der Waals surface area contributed by atoms with Crippen LogP contribution in [-0.4, -0.2) is 55.8 Å². The number of benzene rings is 1. The van der Waals surface area contributed by atoms with Crippen LogP contribution in [-0.2, 0) is 4.79 Å². The normalized spacial score (nSPS) is 17.2. The fourth-order valence-electron chi connectivity index (χ4n) is 1.92. The number of carbonyl (C=O) groups is 2. The van der Waals surface area contributed by atoms with Gasteiger partial charge in [-0.05, 0) is 49.6 Å². The van der Waals surface area contributed by atoms with Gasteiger partial charge >= 0.3 is 0 Å². The van der Waals surface area contributed by atoms with Gasteiger partial charge in [-0.25, -0.2) is 0 Å². The lowest BCUT2D eigenvalue weighted by molar-refractivity contribution is -0.123. The molecule has 1 fully saturated rings. The molecular weight excluding hydrogens is 286 g/mol. The van der Waals surface area contributed by atoms with Gasteiger partial charge in [-0.1, -0.05) is 12.1 Å². The summed E-state index contributed by atoms with van der Waals surface area (Å²) < 4.78 is 0. The molecule has 0 aromatic heterocycles. The van der Waals surface area contributed by atoms with E-state index >= 15 is 0 Å². The summed E-state index contributed by atoms with van der Waals surface area (Å²) in [4.78, 5) is 29.6. The quantitative estimate of drug-likeness (QED) is 0.799. The molecule has 0 radical (unpaired) electrons. The van der Waals surface area contributed by atoms with E-state index in [1.165, 1.54) is 4.90 Å². The minimum atomic E-state index is -0.226. The van der Waals surface area contributed by atoms with E-state index in [0.29, 0.717) is 11.6 Å². The van der Waals surface area contributed by atoms with Crippen molar-refractivity contribution in [1.29, 1.82) is 0 Å². The number of nitrogens with zero attached hydrogens (tertiary/aromatic N) is 3. The number of carbonyl (C=O) groups excluding carboxylic acids is 2. The Hall–Kier alpha value is -1.79. The first-order valence-corrected chi connectivity index (χ1v) is 7.37. The minimum Gasteiger partial charge on any atom is -0.378 e. The molecule has 2 amide bonds. The molecule has 1 saturated heterocycles. The lowest BCUT2D eigenvalue weighted by Gasteiger charge is -2.17. The molecule has 0 atom stereocenters. The molecule has 0 saturated carbocycles. The second-order valence-corrected chi connectivity index (χ2v) is 6.31. The van der Waals surface area contributed by atoms with Crippen molar-refractivity contribution in [2.75, 3.05) is 39.8 Å². The van der Waals surface area contributed by atoms with Gasteiger partial charge in [0, 0.05) is 19.8 Å². The van der Waals surface area contributed by atoms with E-state index in [1.54, 1.807) is 11.0 Å². The van der Waals surface area contributed by atoms with Crippen molar-refractivity contribution in [3.8, 4) is 0 Å². The van der Waals surface area contributed by atoms with Crippen LogP contribution in [0.4, 0.5) is 10.5 Å². The molecule has 0 N–H and O–H groups in total. The Morgan fingerprint density at radius 3 is 2.24 bits per heavy atom. The number of rotatable bonds is 4. The average molecular weight is 305 g/mol. The number of hydrogen-bond donors (Lipinski definition) is 0. The maximum absolute atomic E-state index is 12.2. The third-order valence-corrected chi connectivity index (χ3v) is 3.91. The second-order valence-electron chi connectivity index (χ2n) is 5.32. The fourth-order valence-corrected chi connectivity index (χ4v) is 2.76. The van der Waals surface area contributed by atoms with E-state index in [-0.39, 0.29) is 11.1 Å². The first-order chi connectivity index (χ1) is 9.88. The molecular formula is C15H19N3O2S. The Bertz CT molecular complexity index is 579. The lowest BCUT2D eigenvalue weighted by atomic mass is 10.2. The van der Waals surface area contributed by atoms with Crippen LogP contribution in [0.2, 0.25) is 0 Å². The summed E-state index contributed by atoms with van der Waals surface area (Å²) in [7, 11) is 7.60. The van der Waals surface area contributed by atoms with Crippen molar-refractivity contribution in [3.63, 3.8) is 0 Å². The molecule has 1 aliphatic rings. The first-order valence-electron chi connectivity index (χ1n) is 6.56. The highest BCUT2D eigenvalue weighted by molar-refractivity contribution is 8.18. The van der Waals surface area contributed by atoms with E-state index in [2.05, 4.69) is 0 Å². The summed E-state index contributed by atoms with van der Waals surface area (Å²) in [6, 6.07) is 7.84. The maximum atomic E-state index is 12.2. The van der Waals surface area contributed by atoms with Crippen LogP contribution >= 0.6 is 11.8 Å². The highest BCUT2D eigenvalue weighted by Gasteiger charge is 2.35. The number of imide groups is 1. The zero-order valence-corrected chi connectivity index (χ0v) is 13.5. The molecule has 1 aliphatic heterocycles. The van der Waals surface area contributed by atoms with Gasteiger partial charge < -0.3 is 4.90 Å². The zero-order valence-electron chi connectivity index (χ0n) is 12.7. The maximum Gasteiger partial charge on any atom is 0.294 e. The SMILES string of the molecule is CN(C)CN1C(=O)SC(=Cc2ccc(N(C)C)cc2)C1=O. The predicted molar refractivity (Wildman–Crippen MR) is 87.1 cm³/mol. The standard InChI is InChI=1S/C15H19N3O2S/c1-16(2)10-18-14(19)13(21-15(18)20)9-11-5-7-12(8-6-11)17(3)4/h5-9H,10H2,1-4H3. The van der Waals surface area contributed by atoms with Gasteiger partial charge in [-0.15, -0.1) is 0 Å². The molecule has 1 aromatic rings. The lowest BCUT2D eigenvalue weighted by Crippen LogP contribution is -2.36. The number of amides is 2. The van der Waals surface area contributed by atoms with E-state index in [9.17, 15) is 9.59 Å². The molecule has 1 heterocycles. The van der Waals surface area contributed by atoms with Crippen LogP contribution in [0.15, 0.2) is 29.2 Å². The third-order valence-electron chi connectivity index (χ3n) is 3.01. The molecule has 0 bridgehead atoms. The Morgan fingerprint density at radius 1 is 1.10 bits per heavy atom. The van der Waals surface area contributed by atoms with Gasteiger partial charge in [0.1, 0.15) is 0 Å². The van der Waals surface area contributed by atoms with E-state index in [4.69, 9.17) is 0 Å². The number of hydrogen-bond acceptors (Lipinski definition) is 5. The molecule has 5 nitrogen and oxygen atoms in total. The molecule has 1 aromatic carbocycles. The molecule has 21 heavy (non-hydrogen) atoms. The van der Waals surface area contributed by atoms with E-state index in [1.807, 2.05) is 57.4 Å². The van der Waals surface area contributed by atoms with Crippen molar-refractivity contribution in [3.05, 3.63) is 34.7 Å². The third kappa shape index (κ3) is 3.65. The molecule has 0 aliphatic carbocycles. The summed E-state index contributed by atoms with van der Waals surface area (Å²) in [5, 5.41) is -0.218. The fraction of sp³-hybridized carbons (Fsp3) is 0.333. The highest BCUT2D eigenvalue weighted by Crippen LogP contribution is 2.32. The van der Waals surface area contributed by atoms with Crippen LogP contribution in [0.3, 0.4) is 0 Å². The van der Waals surface area contributed by atoms with E-state index in [0.717, 1.165) is 23.0 Å². The second kappa shape index (κ2) is 6.32. The van der Waals surface area contributed by atoms with Gasteiger partial charge in [0.05, 0.1) is 11.6 Å². The largest absolute Gasteiger partial charge is 0.378 e. The van der Waals surface area contributed by atoms with Crippen LogP contribution < -0.4 is 4.90 Å². The summed E-state index contributed by atoms with van der Waals surface area (Å²) >= 11 is 0.991. The van der Waals surface area contributed by atoms with Crippen LogP contribution in [0.5, 0.6) is 0 Å². The highest BCUT2D eigenvalue weighted by atomic mass is 32.2. The van der Waals surface area contributed by atoms with Crippen molar-refractivity contribution in [2.45, 2.75) is 0 Å². The predicted octanol–water partition coefficient (Wildman–Crippen LogP) is 2.31. The number of anilines is 1.